The molecule has 0 bridgehead atoms. The highest BCUT2D eigenvalue weighted by Crippen LogP contribution is 2.20. The van der Waals surface area contributed by atoms with E-state index in [4.69, 9.17) is 10.8 Å². The summed E-state index contributed by atoms with van der Waals surface area (Å²) in [6.45, 7) is 3.76. The Bertz CT molecular complexity index is 703. The Morgan fingerprint density at radius 2 is 1.69 bits per heavy atom. The van der Waals surface area contributed by atoms with E-state index in [1.165, 1.54) is 16.7 Å². The molecule has 3 amide bonds. The summed E-state index contributed by atoms with van der Waals surface area (Å²) in [5, 5.41) is 23.5. The van der Waals surface area contributed by atoms with Crippen molar-refractivity contribution in [1.82, 2.24) is 15.5 Å². The van der Waals surface area contributed by atoms with E-state index < -0.39 is 53.8 Å². The van der Waals surface area contributed by atoms with Crippen LogP contribution in [0.1, 0.15) is 46.0 Å². The van der Waals surface area contributed by atoms with Crippen LogP contribution < -0.4 is 16.4 Å². The van der Waals surface area contributed by atoms with Crippen LogP contribution in [0.4, 0.5) is 0 Å². The Balaban J connectivity index is 3.01. The second kappa shape index (κ2) is 13.3. The van der Waals surface area contributed by atoms with Crippen molar-refractivity contribution in [3.63, 3.8) is 0 Å². The summed E-state index contributed by atoms with van der Waals surface area (Å²) < 4.78 is 0. The molecule has 11 nitrogen and oxygen atoms in total. The molecule has 1 rings (SSSR count). The van der Waals surface area contributed by atoms with Crippen molar-refractivity contribution < 1.29 is 34.2 Å². The van der Waals surface area contributed by atoms with Crippen LogP contribution in [0.25, 0.3) is 0 Å². The van der Waals surface area contributed by atoms with Gasteiger partial charge < -0.3 is 31.5 Å². The van der Waals surface area contributed by atoms with Crippen LogP contribution in [0.15, 0.2) is 0 Å². The van der Waals surface area contributed by atoms with Gasteiger partial charge in [-0.15, -0.1) is 0 Å². The summed E-state index contributed by atoms with van der Waals surface area (Å²) in [4.78, 5) is 62.0. The molecule has 12 heteroatoms. The van der Waals surface area contributed by atoms with E-state index in [-0.39, 0.29) is 31.7 Å². The molecule has 0 aromatic heterocycles. The van der Waals surface area contributed by atoms with Crippen LogP contribution in [-0.2, 0) is 24.0 Å². The van der Waals surface area contributed by atoms with Gasteiger partial charge in [-0.2, -0.15) is 11.8 Å². The lowest BCUT2D eigenvalue weighted by molar-refractivity contribution is -0.150. The average molecular weight is 475 g/mol. The van der Waals surface area contributed by atoms with E-state index in [0.717, 1.165) is 0 Å². The summed E-state index contributed by atoms with van der Waals surface area (Å²) in [7, 11) is 0. The van der Waals surface area contributed by atoms with Crippen molar-refractivity contribution in [2.75, 3.05) is 18.6 Å². The van der Waals surface area contributed by atoms with E-state index in [2.05, 4.69) is 10.6 Å². The Hall–Kier alpha value is -2.34. The standard InChI is InChI=1S/C20H34N4O7S/c1-11(2)16(21)18(28)22-12(8-10-32-3)17(27)23-13(6-7-15(25)26)19(29)24-9-4-5-14(24)20(30)31/h11-14,16H,4-10,21H2,1-3H3,(H,22,28)(H,23,27)(H,25,26)(H,30,31). The number of likely N-dealkylation sites (tertiary alicyclic amines) is 1. The van der Waals surface area contributed by atoms with Crippen molar-refractivity contribution in [2.45, 2.75) is 70.1 Å². The van der Waals surface area contributed by atoms with Crippen molar-refractivity contribution >= 4 is 41.4 Å². The number of hydrogen-bond donors (Lipinski definition) is 5. The highest BCUT2D eigenvalue weighted by atomic mass is 32.2. The first kappa shape index (κ1) is 27.7. The molecule has 0 spiro atoms. The molecule has 1 aliphatic rings. The molecule has 32 heavy (non-hydrogen) atoms. The lowest BCUT2D eigenvalue weighted by Gasteiger charge is -2.29. The number of aliphatic carboxylic acids is 2. The van der Waals surface area contributed by atoms with E-state index in [1.54, 1.807) is 13.8 Å². The van der Waals surface area contributed by atoms with Gasteiger partial charge in [0.1, 0.15) is 18.1 Å². The van der Waals surface area contributed by atoms with Gasteiger partial charge in [-0.3, -0.25) is 19.2 Å². The van der Waals surface area contributed by atoms with E-state index in [0.29, 0.717) is 18.6 Å². The maximum atomic E-state index is 13.0. The zero-order valence-electron chi connectivity index (χ0n) is 18.7. The third kappa shape index (κ3) is 8.30. The normalized spacial score (nSPS) is 18.7. The Labute approximate surface area is 191 Å². The van der Waals surface area contributed by atoms with Gasteiger partial charge in [0, 0.05) is 13.0 Å². The number of hydrogen-bond acceptors (Lipinski definition) is 7. The number of carbonyl (C=O) groups is 5. The number of rotatable bonds is 13. The fourth-order valence-electron chi connectivity index (χ4n) is 3.36. The number of thioether (sulfide) groups is 1. The van der Waals surface area contributed by atoms with Crippen LogP contribution in [0.3, 0.4) is 0 Å². The van der Waals surface area contributed by atoms with Crippen LogP contribution in [-0.4, -0.2) is 87.5 Å². The highest BCUT2D eigenvalue weighted by molar-refractivity contribution is 7.98. The number of nitrogens with one attached hydrogen (secondary N) is 2. The molecule has 1 heterocycles. The van der Waals surface area contributed by atoms with Crippen molar-refractivity contribution in [2.24, 2.45) is 11.7 Å². The van der Waals surface area contributed by atoms with Gasteiger partial charge in [0.25, 0.3) is 0 Å². The van der Waals surface area contributed by atoms with E-state index in [1.807, 2.05) is 6.26 Å². The summed E-state index contributed by atoms with van der Waals surface area (Å²) in [6, 6.07) is -4.01. The molecule has 1 aliphatic heterocycles. The number of carbonyl (C=O) groups excluding carboxylic acids is 3. The SMILES string of the molecule is CSCCC(NC(=O)C(N)C(C)C)C(=O)NC(CCC(=O)O)C(=O)N1CCCC1C(=O)O. The minimum Gasteiger partial charge on any atom is -0.481 e. The van der Waals surface area contributed by atoms with Gasteiger partial charge in [0.2, 0.25) is 17.7 Å². The fourth-order valence-corrected chi connectivity index (χ4v) is 3.83. The molecule has 4 atom stereocenters. The Kier molecular flexibility index (Phi) is 11.5. The molecule has 4 unspecified atom stereocenters. The largest absolute Gasteiger partial charge is 0.481 e. The van der Waals surface area contributed by atoms with Crippen molar-refractivity contribution in [1.29, 1.82) is 0 Å². The molecule has 0 saturated carbocycles. The molecule has 0 aliphatic carbocycles. The van der Waals surface area contributed by atoms with Gasteiger partial charge in [-0.05, 0) is 43.6 Å². The van der Waals surface area contributed by atoms with E-state index in [9.17, 15) is 29.1 Å². The van der Waals surface area contributed by atoms with Gasteiger partial charge in [0.05, 0.1) is 6.04 Å². The minimum atomic E-state index is -1.22. The van der Waals surface area contributed by atoms with Crippen LogP contribution in [0.2, 0.25) is 0 Å². The average Bonchev–Trinajstić information content (AvgIpc) is 3.22. The molecule has 1 saturated heterocycles. The maximum absolute atomic E-state index is 13.0. The van der Waals surface area contributed by atoms with Crippen molar-refractivity contribution in [3.8, 4) is 0 Å². The molecule has 0 radical (unpaired) electrons. The minimum absolute atomic E-state index is 0.146. The lowest BCUT2D eigenvalue weighted by Crippen LogP contribution is -2.57. The second-order valence-electron chi connectivity index (χ2n) is 8.13. The molecule has 0 aromatic rings. The van der Waals surface area contributed by atoms with Gasteiger partial charge in [-0.25, -0.2) is 4.79 Å². The molecule has 6 N–H and O–H groups in total. The Morgan fingerprint density at radius 3 is 2.22 bits per heavy atom. The number of amides is 3. The number of nitrogens with two attached hydrogens (primary N) is 1. The lowest BCUT2D eigenvalue weighted by atomic mass is 10.0. The van der Waals surface area contributed by atoms with Gasteiger partial charge in [-0.1, -0.05) is 13.8 Å². The second-order valence-corrected chi connectivity index (χ2v) is 9.12. The van der Waals surface area contributed by atoms with Crippen molar-refractivity contribution in [3.05, 3.63) is 0 Å². The van der Waals surface area contributed by atoms with Crippen LogP contribution >= 0.6 is 11.8 Å². The van der Waals surface area contributed by atoms with Crippen LogP contribution in [0.5, 0.6) is 0 Å². The number of carboxylic acid groups (broad SMARTS) is 2. The maximum Gasteiger partial charge on any atom is 0.326 e. The van der Waals surface area contributed by atoms with Gasteiger partial charge in [0.15, 0.2) is 0 Å². The first-order valence-electron chi connectivity index (χ1n) is 10.6. The summed E-state index contributed by atoms with van der Waals surface area (Å²) in [5.41, 5.74) is 5.86. The molecular formula is C20H34N4O7S. The molecule has 182 valence electrons. The first-order valence-corrected chi connectivity index (χ1v) is 12.0. The first-order chi connectivity index (χ1) is 15.0. The summed E-state index contributed by atoms with van der Waals surface area (Å²) in [5.74, 6) is -3.67. The van der Waals surface area contributed by atoms with E-state index >= 15 is 0 Å². The van der Waals surface area contributed by atoms with Crippen LogP contribution in [0, 0.1) is 5.92 Å². The third-order valence-electron chi connectivity index (χ3n) is 5.35. The smallest absolute Gasteiger partial charge is 0.326 e. The summed E-state index contributed by atoms with van der Waals surface area (Å²) >= 11 is 1.47. The predicted octanol–water partition coefficient (Wildman–Crippen LogP) is -0.367. The molecule has 1 fully saturated rings. The zero-order chi connectivity index (χ0) is 24.4. The molecular weight excluding hydrogens is 440 g/mol. The monoisotopic (exact) mass is 474 g/mol. The quantitative estimate of drug-likeness (QED) is 0.238. The third-order valence-corrected chi connectivity index (χ3v) is 5.99. The Morgan fingerprint density at radius 1 is 1.06 bits per heavy atom. The zero-order valence-corrected chi connectivity index (χ0v) is 19.5. The highest BCUT2D eigenvalue weighted by Gasteiger charge is 2.38. The predicted molar refractivity (Wildman–Crippen MR) is 119 cm³/mol. The number of carboxylic acids is 2. The number of nitrogens with zero attached hydrogens (tertiary/aromatic N) is 1. The fraction of sp³-hybridized carbons (Fsp3) is 0.750. The summed E-state index contributed by atoms with van der Waals surface area (Å²) in [6.07, 6.45) is 2.34. The van der Waals surface area contributed by atoms with Gasteiger partial charge >= 0.3 is 11.9 Å². The molecule has 0 aromatic carbocycles. The topological polar surface area (TPSA) is 179 Å².